The number of halogens is 2. The Morgan fingerprint density at radius 3 is 2.06 bits per heavy atom. The fraction of sp³-hybridized carbons (Fsp3) is 0.357. The van der Waals surface area contributed by atoms with Crippen LogP contribution < -0.4 is 0 Å². The Morgan fingerprint density at radius 1 is 0.806 bits per heavy atom. The van der Waals surface area contributed by atoms with E-state index in [2.05, 4.69) is 18.7 Å². The molecule has 8 heteroatoms. The number of nitrogens with zero attached hydrogens (tertiary/aromatic N) is 2. The van der Waals surface area contributed by atoms with Crippen molar-refractivity contribution in [1.29, 1.82) is 0 Å². The van der Waals surface area contributed by atoms with Crippen molar-refractivity contribution >= 4 is 10.0 Å². The van der Waals surface area contributed by atoms with Gasteiger partial charge >= 0.3 is 0 Å². The number of benzene rings is 3. The molecular formula is C28H32F2N2O3S. The molecule has 1 aliphatic rings. The van der Waals surface area contributed by atoms with Crippen molar-refractivity contribution in [3.05, 3.63) is 101 Å². The molecule has 1 aliphatic heterocycles. The number of hydrogen-bond acceptors (Lipinski definition) is 4. The second-order valence-corrected chi connectivity index (χ2v) is 11.2. The second-order valence-electron chi connectivity index (χ2n) is 9.30. The third kappa shape index (κ3) is 6.18. The Bertz CT molecular complexity index is 1240. The van der Waals surface area contributed by atoms with Crippen LogP contribution in [0.5, 0.6) is 0 Å². The monoisotopic (exact) mass is 514 g/mol. The van der Waals surface area contributed by atoms with Crippen molar-refractivity contribution in [3.63, 3.8) is 0 Å². The van der Waals surface area contributed by atoms with Crippen LogP contribution in [0.1, 0.15) is 42.6 Å². The van der Waals surface area contributed by atoms with Crippen molar-refractivity contribution in [3.8, 4) is 0 Å². The number of rotatable bonds is 9. The van der Waals surface area contributed by atoms with E-state index >= 15 is 0 Å². The molecule has 4 rings (SSSR count). The molecule has 1 saturated heterocycles. The first-order valence-corrected chi connectivity index (χ1v) is 13.6. The average Bonchev–Trinajstić information content (AvgIpc) is 2.89. The predicted molar refractivity (Wildman–Crippen MR) is 136 cm³/mol. The maximum Gasteiger partial charge on any atom is 0.243 e. The molecule has 36 heavy (non-hydrogen) atoms. The fourth-order valence-electron chi connectivity index (χ4n) is 4.36. The molecule has 1 unspecified atom stereocenters. The molecule has 3 aromatic rings. The Kier molecular flexibility index (Phi) is 8.51. The molecule has 1 heterocycles. The van der Waals surface area contributed by atoms with E-state index in [1.54, 1.807) is 12.1 Å². The average molecular weight is 515 g/mol. The molecule has 0 amide bonds. The van der Waals surface area contributed by atoms with Crippen LogP contribution >= 0.6 is 0 Å². The minimum Gasteiger partial charge on any atom is -0.367 e. The van der Waals surface area contributed by atoms with Gasteiger partial charge in [0, 0.05) is 32.7 Å². The number of sulfonamides is 1. The van der Waals surface area contributed by atoms with Crippen LogP contribution in [0.3, 0.4) is 0 Å². The molecule has 1 atom stereocenters. The van der Waals surface area contributed by atoms with E-state index in [0.717, 1.165) is 17.2 Å². The third-order valence-corrected chi connectivity index (χ3v) is 8.47. The van der Waals surface area contributed by atoms with Gasteiger partial charge in [0.1, 0.15) is 6.10 Å². The van der Waals surface area contributed by atoms with Crippen LogP contribution in [0.4, 0.5) is 8.78 Å². The van der Waals surface area contributed by atoms with Gasteiger partial charge in [-0.25, -0.2) is 17.2 Å². The van der Waals surface area contributed by atoms with Crippen LogP contribution in [0, 0.1) is 11.6 Å². The zero-order valence-electron chi connectivity index (χ0n) is 20.6. The van der Waals surface area contributed by atoms with E-state index in [1.807, 2.05) is 42.5 Å². The number of piperazine rings is 1. The van der Waals surface area contributed by atoms with Crippen molar-refractivity contribution in [2.24, 2.45) is 0 Å². The van der Waals surface area contributed by atoms with Gasteiger partial charge in [-0.2, -0.15) is 4.31 Å². The Hall–Kier alpha value is -2.65. The summed E-state index contributed by atoms with van der Waals surface area (Å²) in [5.41, 5.74) is 2.50. The van der Waals surface area contributed by atoms with Crippen molar-refractivity contribution in [2.45, 2.75) is 30.8 Å². The second kappa shape index (κ2) is 11.6. The summed E-state index contributed by atoms with van der Waals surface area (Å²) in [5.74, 6) is -1.46. The summed E-state index contributed by atoms with van der Waals surface area (Å²) in [6.45, 7) is 7.10. The summed E-state index contributed by atoms with van der Waals surface area (Å²) in [6, 6.07) is 20.4. The zero-order chi connectivity index (χ0) is 25.7. The molecule has 0 N–H and O–H groups in total. The van der Waals surface area contributed by atoms with Gasteiger partial charge in [-0.15, -0.1) is 0 Å². The molecule has 192 valence electrons. The zero-order valence-corrected chi connectivity index (χ0v) is 21.4. The summed E-state index contributed by atoms with van der Waals surface area (Å²) in [6.07, 6.45) is -0.531. The molecule has 0 spiro atoms. The molecule has 0 radical (unpaired) electrons. The molecular weight excluding hydrogens is 482 g/mol. The first kappa shape index (κ1) is 26.4. The van der Waals surface area contributed by atoms with Gasteiger partial charge in [0.15, 0.2) is 11.6 Å². The van der Waals surface area contributed by atoms with Crippen molar-refractivity contribution < 1.29 is 21.9 Å². The Balaban J connectivity index is 1.34. The quantitative estimate of drug-likeness (QED) is 0.394. The lowest BCUT2D eigenvalue weighted by Crippen LogP contribution is -2.49. The highest BCUT2D eigenvalue weighted by atomic mass is 32.2. The third-order valence-electron chi connectivity index (χ3n) is 6.56. The molecule has 5 nitrogen and oxygen atoms in total. The number of hydrogen-bond donors (Lipinski definition) is 0. The molecule has 0 aromatic heterocycles. The van der Waals surface area contributed by atoms with Crippen LogP contribution in [0.15, 0.2) is 77.7 Å². The van der Waals surface area contributed by atoms with Gasteiger partial charge in [0.05, 0.1) is 11.5 Å². The minimum absolute atomic E-state index is 0.320. The molecule has 0 aliphatic carbocycles. The minimum atomic E-state index is -3.53. The lowest BCUT2D eigenvalue weighted by Gasteiger charge is -2.34. The molecule has 3 aromatic carbocycles. The van der Waals surface area contributed by atoms with Gasteiger partial charge in [-0.3, -0.25) is 4.90 Å². The Labute approximate surface area is 212 Å². The van der Waals surface area contributed by atoms with E-state index in [0.29, 0.717) is 55.7 Å². The highest BCUT2D eigenvalue weighted by Crippen LogP contribution is 2.27. The topological polar surface area (TPSA) is 49.9 Å². The van der Waals surface area contributed by atoms with Gasteiger partial charge < -0.3 is 4.74 Å². The van der Waals surface area contributed by atoms with Crippen molar-refractivity contribution in [2.75, 3.05) is 39.3 Å². The summed E-state index contributed by atoms with van der Waals surface area (Å²) < 4.78 is 61.2. The lowest BCUT2D eigenvalue weighted by atomic mass is 10.0. The summed E-state index contributed by atoms with van der Waals surface area (Å²) >= 11 is 0. The summed E-state index contributed by atoms with van der Waals surface area (Å²) in [4.78, 5) is 2.47. The normalized spacial score (nSPS) is 16.4. The van der Waals surface area contributed by atoms with Crippen LogP contribution in [-0.2, 0) is 14.8 Å². The van der Waals surface area contributed by atoms with Gasteiger partial charge in [-0.05, 0) is 46.9 Å². The fourth-order valence-corrected chi connectivity index (χ4v) is 5.78. The Morgan fingerprint density at radius 2 is 1.44 bits per heavy atom. The standard InChI is InChI=1S/C28H32F2N2O3S/c1-21(2)22-8-11-25(12-9-22)36(33,34)32-16-14-31(15-17-32)18-19-35-28(23-6-4-3-5-7-23)24-10-13-26(29)27(30)20-24/h3-13,20-21,28H,14-19H2,1-2H3. The first-order valence-electron chi connectivity index (χ1n) is 12.2. The largest absolute Gasteiger partial charge is 0.367 e. The van der Waals surface area contributed by atoms with Crippen LogP contribution in [0.25, 0.3) is 0 Å². The van der Waals surface area contributed by atoms with Gasteiger partial charge in [0.25, 0.3) is 0 Å². The van der Waals surface area contributed by atoms with E-state index in [-0.39, 0.29) is 0 Å². The first-order chi connectivity index (χ1) is 17.3. The van der Waals surface area contributed by atoms with Crippen molar-refractivity contribution in [1.82, 2.24) is 9.21 Å². The van der Waals surface area contributed by atoms with Crippen LogP contribution in [-0.4, -0.2) is 57.0 Å². The molecule has 0 saturated carbocycles. The van der Waals surface area contributed by atoms with Gasteiger partial charge in [0.2, 0.25) is 10.0 Å². The lowest BCUT2D eigenvalue weighted by molar-refractivity contribution is 0.0525. The highest BCUT2D eigenvalue weighted by molar-refractivity contribution is 7.89. The molecule has 1 fully saturated rings. The number of ether oxygens (including phenoxy) is 1. The van der Waals surface area contributed by atoms with Gasteiger partial charge in [-0.1, -0.05) is 62.4 Å². The summed E-state index contributed by atoms with van der Waals surface area (Å²) in [5, 5.41) is 0. The summed E-state index contributed by atoms with van der Waals surface area (Å²) in [7, 11) is -3.53. The predicted octanol–water partition coefficient (Wildman–Crippen LogP) is 5.20. The van der Waals surface area contributed by atoms with E-state index in [4.69, 9.17) is 4.74 Å². The molecule has 0 bridgehead atoms. The van der Waals surface area contributed by atoms with E-state index in [9.17, 15) is 17.2 Å². The smallest absolute Gasteiger partial charge is 0.243 e. The van der Waals surface area contributed by atoms with E-state index < -0.39 is 27.8 Å². The SMILES string of the molecule is CC(C)c1ccc(S(=O)(=O)N2CCN(CCOC(c3ccccc3)c3ccc(F)c(F)c3)CC2)cc1. The van der Waals surface area contributed by atoms with Crippen LogP contribution in [0.2, 0.25) is 0 Å². The van der Waals surface area contributed by atoms with E-state index in [1.165, 1.54) is 16.4 Å². The maximum atomic E-state index is 13.9. The highest BCUT2D eigenvalue weighted by Gasteiger charge is 2.28. The maximum absolute atomic E-state index is 13.9.